The van der Waals surface area contributed by atoms with Crippen LogP contribution in [0, 0.1) is 5.82 Å². The molecule has 1 fully saturated rings. The highest BCUT2D eigenvalue weighted by atomic mass is 127. The van der Waals surface area contributed by atoms with Crippen molar-refractivity contribution in [3.8, 4) is 0 Å². The fraction of sp³-hybridized carbons (Fsp3) is 0.412. The number of benzene rings is 1. The summed E-state index contributed by atoms with van der Waals surface area (Å²) < 4.78 is 51.4. The van der Waals surface area contributed by atoms with E-state index in [9.17, 15) is 17.6 Å². The zero-order chi connectivity index (χ0) is 18.7. The van der Waals surface area contributed by atoms with Gasteiger partial charge in [-0.05, 0) is 18.1 Å². The predicted molar refractivity (Wildman–Crippen MR) is 108 cm³/mol. The first-order chi connectivity index (χ1) is 12.4. The van der Waals surface area contributed by atoms with Crippen molar-refractivity contribution in [3.63, 3.8) is 0 Å². The van der Waals surface area contributed by atoms with Crippen LogP contribution in [0.2, 0.25) is 0 Å². The molecule has 0 radical (unpaired) electrons. The predicted octanol–water partition coefficient (Wildman–Crippen LogP) is 4.18. The van der Waals surface area contributed by atoms with E-state index in [1.165, 1.54) is 6.07 Å². The number of nitrogens with zero attached hydrogens (tertiary/aromatic N) is 2. The number of alkyl halides is 3. The summed E-state index contributed by atoms with van der Waals surface area (Å²) in [5.41, 5.74) is -0.173. The molecule has 0 spiro atoms. The lowest BCUT2D eigenvalue weighted by molar-refractivity contribution is -0.140. The van der Waals surface area contributed by atoms with Crippen LogP contribution in [0.5, 0.6) is 0 Å². The number of hydrogen-bond acceptors (Lipinski definition) is 3. The van der Waals surface area contributed by atoms with Crippen LogP contribution in [0.15, 0.2) is 34.6 Å². The van der Waals surface area contributed by atoms with Gasteiger partial charge >= 0.3 is 6.18 Å². The van der Waals surface area contributed by atoms with Crippen molar-refractivity contribution in [1.82, 2.24) is 15.6 Å². The Balaban J connectivity index is 0.00000261. The lowest BCUT2D eigenvalue weighted by Crippen LogP contribution is -2.40. The average molecular weight is 514 g/mol. The Labute approximate surface area is 175 Å². The fourth-order valence-corrected chi connectivity index (χ4v) is 3.49. The van der Waals surface area contributed by atoms with E-state index in [0.717, 1.165) is 23.1 Å². The summed E-state index contributed by atoms with van der Waals surface area (Å²) in [6.45, 7) is 0.404. The zero-order valence-corrected chi connectivity index (χ0v) is 17.5. The molecule has 148 valence electrons. The molecule has 1 heterocycles. The number of thiazole rings is 1. The first-order valence-corrected chi connectivity index (χ1v) is 8.99. The molecule has 0 amide bonds. The van der Waals surface area contributed by atoms with Crippen molar-refractivity contribution in [2.45, 2.75) is 31.0 Å². The van der Waals surface area contributed by atoms with Crippen LogP contribution in [0.3, 0.4) is 0 Å². The topological polar surface area (TPSA) is 49.3 Å². The van der Waals surface area contributed by atoms with Crippen molar-refractivity contribution < 1.29 is 17.6 Å². The number of aromatic nitrogens is 1. The molecular weight excluding hydrogens is 495 g/mol. The second-order valence-electron chi connectivity index (χ2n) is 5.99. The lowest BCUT2D eigenvalue weighted by Gasteiger charge is -2.11. The first-order valence-electron chi connectivity index (χ1n) is 8.11. The number of aliphatic imine (C=N–C) groups is 1. The molecule has 10 heteroatoms. The molecule has 0 saturated heterocycles. The van der Waals surface area contributed by atoms with E-state index in [-0.39, 0.29) is 41.8 Å². The standard InChI is InChI=1S/C17H18F4N4S.HI/c1-22-16(23-7-6-15-25-14(9-26-15)17(19,20)21)24-13-8-11(13)10-4-2-3-5-12(10)18;/h2-5,9,11,13H,6-8H2,1H3,(H2,22,23,24);1H. The summed E-state index contributed by atoms with van der Waals surface area (Å²) in [6, 6.07) is 6.78. The summed E-state index contributed by atoms with van der Waals surface area (Å²) in [5.74, 6) is 0.429. The normalized spacial score (nSPS) is 19.4. The van der Waals surface area contributed by atoms with E-state index < -0.39 is 11.9 Å². The Hall–Kier alpha value is -1.43. The van der Waals surface area contributed by atoms with Crippen LogP contribution in [0.1, 0.15) is 28.6 Å². The number of guanidine groups is 1. The number of rotatable bonds is 5. The van der Waals surface area contributed by atoms with E-state index in [1.807, 2.05) is 6.07 Å². The number of hydrogen-bond donors (Lipinski definition) is 2. The second-order valence-corrected chi connectivity index (χ2v) is 6.93. The van der Waals surface area contributed by atoms with Gasteiger partial charge in [0.15, 0.2) is 11.7 Å². The van der Waals surface area contributed by atoms with Gasteiger partial charge in [0.05, 0.1) is 5.01 Å². The highest BCUT2D eigenvalue weighted by Crippen LogP contribution is 2.41. The van der Waals surface area contributed by atoms with Gasteiger partial charge in [-0.15, -0.1) is 35.3 Å². The van der Waals surface area contributed by atoms with E-state index in [4.69, 9.17) is 0 Å². The molecule has 2 unspecified atom stereocenters. The zero-order valence-electron chi connectivity index (χ0n) is 14.4. The maximum atomic E-state index is 13.8. The number of halogens is 5. The average Bonchev–Trinajstić information content (AvgIpc) is 3.16. The van der Waals surface area contributed by atoms with Gasteiger partial charge in [0.1, 0.15) is 5.82 Å². The monoisotopic (exact) mass is 514 g/mol. The van der Waals surface area contributed by atoms with Crippen LogP contribution in [-0.2, 0) is 12.6 Å². The minimum atomic E-state index is -4.41. The van der Waals surface area contributed by atoms with Crippen molar-refractivity contribution in [2.75, 3.05) is 13.6 Å². The Bertz CT molecular complexity index is 793. The molecule has 4 nitrogen and oxygen atoms in total. The molecule has 1 aromatic carbocycles. The van der Waals surface area contributed by atoms with Crippen LogP contribution < -0.4 is 10.6 Å². The van der Waals surface area contributed by atoms with Gasteiger partial charge in [-0.1, -0.05) is 18.2 Å². The van der Waals surface area contributed by atoms with Crippen molar-refractivity contribution in [2.24, 2.45) is 4.99 Å². The molecule has 27 heavy (non-hydrogen) atoms. The van der Waals surface area contributed by atoms with Crippen LogP contribution in [-0.4, -0.2) is 30.6 Å². The van der Waals surface area contributed by atoms with Crippen molar-refractivity contribution >= 4 is 41.3 Å². The molecular formula is C17H19F4IN4S. The Kier molecular flexibility index (Phi) is 7.43. The molecule has 1 aliphatic rings. The van der Waals surface area contributed by atoms with E-state index in [2.05, 4.69) is 20.6 Å². The SMILES string of the molecule is CN=C(NCCc1nc(C(F)(F)F)cs1)NC1CC1c1ccccc1F.I. The smallest absolute Gasteiger partial charge is 0.356 e. The van der Waals surface area contributed by atoms with Gasteiger partial charge in [-0.25, -0.2) is 9.37 Å². The fourth-order valence-electron chi connectivity index (χ4n) is 2.69. The second kappa shape index (κ2) is 9.18. The van der Waals surface area contributed by atoms with Crippen molar-refractivity contribution in [1.29, 1.82) is 0 Å². The third-order valence-electron chi connectivity index (χ3n) is 4.11. The van der Waals surface area contributed by atoms with Crippen LogP contribution >= 0.6 is 35.3 Å². The highest BCUT2D eigenvalue weighted by molar-refractivity contribution is 14.0. The summed E-state index contributed by atoms with van der Waals surface area (Å²) in [5, 5.41) is 7.69. The van der Waals surface area contributed by atoms with Gasteiger partial charge in [0.2, 0.25) is 0 Å². The Morgan fingerprint density at radius 3 is 2.70 bits per heavy atom. The minimum Gasteiger partial charge on any atom is -0.356 e. The summed E-state index contributed by atoms with van der Waals surface area (Å²) in [7, 11) is 1.61. The summed E-state index contributed by atoms with van der Waals surface area (Å²) in [4.78, 5) is 7.69. The minimum absolute atomic E-state index is 0. The van der Waals surface area contributed by atoms with Gasteiger partial charge < -0.3 is 10.6 Å². The maximum absolute atomic E-state index is 13.8. The molecule has 2 atom stereocenters. The summed E-state index contributed by atoms with van der Waals surface area (Å²) in [6.07, 6.45) is -3.24. The van der Waals surface area contributed by atoms with Gasteiger partial charge in [0.25, 0.3) is 0 Å². The third-order valence-corrected chi connectivity index (χ3v) is 5.02. The van der Waals surface area contributed by atoms with E-state index in [0.29, 0.717) is 29.5 Å². The van der Waals surface area contributed by atoms with Crippen molar-refractivity contribution in [3.05, 3.63) is 51.7 Å². The molecule has 1 saturated carbocycles. The van der Waals surface area contributed by atoms with Gasteiger partial charge in [-0.2, -0.15) is 13.2 Å². The molecule has 2 aromatic rings. The van der Waals surface area contributed by atoms with Gasteiger partial charge in [0, 0.05) is 37.4 Å². The quantitative estimate of drug-likeness (QED) is 0.273. The van der Waals surface area contributed by atoms with Crippen LogP contribution in [0.4, 0.5) is 17.6 Å². The van der Waals surface area contributed by atoms with E-state index in [1.54, 1.807) is 19.2 Å². The van der Waals surface area contributed by atoms with Gasteiger partial charge in [-0.3, -0.25) is 4.99 Å². The Morgan fingerprint density at radius 1 is 1.33 bits per heavy atom. The van der Waals surface area contributed by atoms with Crippen LogP contribution in [0.25, 0.3) is 0 Å². The molecule has 1 aromatic heterocycles. The molecule has 2 N–H and O–H groups in total. The molecule has 3 rings (SSSR count). The molecule has 0 bridgehead atoms. The molecule has 0 aliphatic heterocycles. The Morgan fingerprint density at radius 2 is 2.07 bits per heavy atom. The van der Waals surface area contributed by atoms with E-state index >= 15 is 0 Å². The molecule has 1 aliphatic carbocycles. The third kappa shape index (κ3) is 5.77. The summed E-state index contributed by atoms with van der Waals surface area (Å²) >= 11 is 0.988. The first kappa shape index (κ1) is 21.9. The largest absolute Gasteiger partial charge is 0.434 e. The maximum Gasteiger partial charge on any atom is 0.434 e. The lowest BCUT2D eigenvalue weighted by atomic mass is 10.1. The highest BCUT2D eigenvalue weighted by Gasteiger charge is 2.40. The number of nitrogens with one attached hydrogen (secondary N) is 2.